The average molecular weight is 178 g/mol. The summed E-state index contributed by atoms with van der Waals surface area (Å²) in [4.78, 5) is 22.3. The smallest absolute Gasteiger partial charge is 0.336 e. The van der Waals surface area contributed by atoms with Crippen LogP contribution in [0.4, 0.5) is 4.79 Å². The summed E-state index contributed by atoms with van der Waals surface area (Å²) < 4.78 is 5.85. The SMILES string of the molecule is C[N+]1=C2C=CC=CC2C(=O)OC1=O. The molecule has 2 rings (SSSR count). The molecule has 4 nitrogen and oxygen atoms in total. The molecule has 0 bridgehead atoms. The summed E-state index contributed by atoms with van der Waals surface area (Å²) >= 11 is 0. The van der Waals surface area contributed by atoms with Crippen LogP contribution in [0.2, 0.25) is 0 Å². The van der Waals surface area contributed by atoms with Crippen molar-refractivity contribution in [1.29, 1.82) is 0 Å². The Morgan fingerprint density at radius 2 is 2.15 bits per heavy atom. The molecule has 66 valence electrons. The molecule has 0 saturated carbocycles. The molecule has 1 unspecified atom stereocenters. The number of hydrogen-bond donors (Lipinski definition) is 0. The van der Waals surface area contributed by atoms with Crippen molar-refractivity contribution >= 4 is 17.8 Å². The predicted molar refractivity (Wildman–Crippen MR) is 44.4 cm³/mol. The van der Waals surface area contributed by atoms with Crippen molar-refractivity contribution in [3.8, 4) is 0 Å². The van der Waals surface area contributed by atoms with Gasteiger partial charge in [-0.05, 0) is 0 Å². The van der Waals surface area contributed by atoms with Crippen LogP contribution in [0.1, 0.15) is 0 Å². The summed E-state index contributed by atoms with van der Waals surface area (Å²) in [7, 11) is 1.58. The van der Waals surface area contributed by atoms with Crippen LogP contribution in [0.15, 0.2) is 24.3 Å². The third-order valence-electron chi connectivity index (χ3n) is 2.10. The topological polar surface area (TPSA) is 46.4 Å². The normalized spacial score (nSPS) is 26.1. The van der Waals surface area contributed by atoms with E-state index in [1.165, 1.54) is 4.58 Å². The van der Waals surface area contributed by atoms with Gasteiger partial charge in [0.1, 0.15) is 7.05 Å². The Balaban J connectivity index is 2.53. The lowest BCUT2D eigenvalue weighted by atomic mass is 9.97. The summed E-state index contributed by atoms with van der Waals surface area (Å²) in [6.45, 7) is 0. The molecular weight excluding hydrogens is 170 g/mol. The summed E-state index contributed by atoms with van der Waals surface area (Å²) in [5, 5.41) is 0. The molecule has 2 aliphatic rings. The zero-order chi connectivity index (χ0) is 9.42. The van der Waals surface area contributed by atoms with E-state index in [9.17, 15) is 9.59 Å². The summed E-state index contributed by atoms with van der Waals surface area (Å²) in [6, 6.07) is 0. The number of allylic oxidation sites excluding steroid dienone is 3. The minimum atomic E-state index is -0.615. The van der Waals surface area contributed by atoms with Gasteiger partial charge >= 0.3 is 12.1 Å². The fraction of sp³-hybridized carbons (Fsp3) is 0.222. The molecular formula is C9H8NO3+. The number of carbonyl (C=O) groups excluding carboxylic acids is 2. The Morgan fingerprint density at radius 1 is 1.38 bits per heavy atom. The van der Waals surface area contributed by atoms with Crippen LogP contribution in [-0.4, -0.2) is 29.4 Å². The van der Waals surface area contributed by atoms with E-state index in [4.69, 9.17) is 0 Å². The Bertz CT molecular complexity index is 376. The zero-order valence-corrected chi connectivity index (χ0v) is 7.06. The van der Waals surface area contributed by atoms with Crippen molar-refractivity contribution in [2.24, 2.45) is 5.92 Å². The van der Waals surface area contributed by atoms with Crippen molar-refractivity contribution in [3.05, 3.63) is 24.3 Å². The molecule has 0 saturated heterocycles. The van der Waals surface area contributed by atoms with E-state index in [0.717, 1.165) is 0 Å². The van der Waals surface area contributed by atoms with Gasteiger partial charge in [0.2, 0.25) is 5.71 Å². The third-order valence-corrected chi connectivity index (χ3v) is 2.10. The largest absolute Gasteiger partial charge is 0.604 e. The number of esters is 1. The summed E-state index contributed by atoms with van der Waals surface area (Å²) in [6.07, 6.45) is 6.38. The van der Waals surface area contributed by atoms with Gasteiger partial charge in [0.05, 0.1) is 0 Å². The molecule has 4 heteroatoms. The van der Waals surface area contributed by atoms with Gasteiger partial charge in [0, 0.05) is 6.08 Å². The number of amides is 1. The molecule has 0 aromatic carbocycles. The second-order valence-corrected chi connectivity index (χ2v) is 2.89. The Morgan fingerprint density at radius 3 is 2.92 bits per heavy atom. The number of rotatable bonds is 0. The van der Waals surface area contributed by atoms with Gasteiger partial charge in [-0.15, -0.1) is 4.58 Å². The molecule has 13 heavy (non-hydrogen) atoms. The lowest BCUT2D eigenvalue weighted by Gasteiger charge is -2.15. The first-order chi connectivity index (χ1) is 6.20. The van der Waals surface area contributed by atoms with Crippen LogP contribution in [0.25, 0.3) is 0 Å². The minimum absolute atomic E-state index is 0.423. The molecule has 1 aliphatic heterocycles. The summed E-state index contributed by atoms with van der Waals surface area (Å²) in [5.41, 5.74) is 0.670. The molecule has 1 atom stereocenters. The van der Waals surface area contributed by atoms with Crippen LogP contribution in [0.3, 0.4) is 0 Å². The highest BCUT2D eigenvalue weighted by Crippen LogP contribution is 2.15. The van der Waals surface area contributed by atoms with Gasteiger partial charge in [0.25, 0.3) is 0 Å². The van der Waals surface area contributed by atoms with E-state index < -0.39 is 18.0 Å². The monoisotopic (exact) mass is 178 g/mol. The molecule has 0 radical (unpaired) electrons. The van der Waals surface area contributed by atoms with E-state index in [-0.39, 0.29) is 0 Å². The van der Waals surface area contributed by atoms with Crippen molar-refractivity contribution < 1.29 is 18.9 Å². The van der Waals surface area contributed by atoms with Gasteiger partial charge in [-0.1, -0.05) is 18.2 Å². The molecule has 1 heterocycles. The predicted octanol–water partition coefficient (Wildman–Crippen LogP) is 0.489. The van der Waals surface area contributed by atoms with Crippen LogP contribution in [0, 0.1) is 5.92 Å². The first-order valence-electron chi connectivity index (χ1n) is 3.91. The molecule has 0 aromatic heterocycles. The standard InChI is InChI=1S/C9H8NO3/c1-10-7-5-3-2-4-6(7)8(11)13-9(10)12/h2-6H,1H3/q+1. The van der Waals surface area contributed by atoms with Crippen LogP contribution < -0.4 is 0 Å². The molecule has 0 N–H and O–H groups in total. The molecule has 1 amide bonds. The third kappa shape index (κ3) is 1.11. The van der Waals surface area contributed by atoms with Crippen molar-refractivity contribution in [2.45, 2.75) is 0 Å². The van der Waals surface area contributed by atoms with E-state index >= 15 is 0 Å². The molecule has 0 fully saturated rings. The van der Waals surface area contributed by atoms with Crippen molar-refractivity contribution in [2.75, 3.05) is 7.05 Å². The van der Waals surface area contributed by atoms with E-state index in [1.54, 1.807) is 31.4 Å². The second-order valence-electron chi connectivity index (χ2n) is 2.89. The van der Waals surface area contributed by atoms with Gasteiger partial charge in [-0.2, -0.15) is 4.79 Å². The van der Waals surface area contributed by atoms with Crippen LogP contribution in [-0.2, 0) is 9.53 Å². The van der Waals surface area contributed by atoms with E-state index in [1.807, 2.05) is 0 Å². The van der Waals surface area contributed by atoms with Gasteiger partial charge in [0.15, 0.2) is 5.92 Å². The average Bonchev–Trinajstić information content (AvgIpc) is 2.15. The first-order valence-corrected chi connectivity index (χ1v) is 3.91. The number of carbonyl (C=O) groups is 2. The number of nitrogens with zero attached hydrogens (tertiary/aromatic N) is 1. The zero-order valence-electron chi connectivity index (χ0n) is 7.06. The summed E-state index contributed by atoms with van der Waals surface area (Å²) in [5.74, 6) is -0.925. The van der Waals surface area contributed by atoms with Crippen molar-refractivity contribution in [1.82, 2.24) is 0 Å². The number of ether oxygens (including phenoxy) is 1. The molecule has 0 aromatic rings. The number of cyclic esters (lactones) is 2. The lowest BCUT2D eigenvalue weighted by Crippen LogP contribution is -2.41. The Kier molecular flexibility index (Phi) is 1.62. The van der Waals surface area contributed by atoms with E-state index in [2.05, 4.69) is 4.74 Å². The maximum absolute atomic E-state index is 11.2. The quantitative estimate of drug-likeness (QED) is 0.308. The van der Waals surface area contributed by atoms with Crippen LogP contribution >= 0.6 is 0 Å². The molecule has 0 spiro atoms. The Hall–Kier alpha value is -1.71. The fourth-order valence-corrected chi connectivity index (χ4v) is 1.37. The number of fused-ring (bicyclic) bond motifs is 1. The lowest BCUT2D eigenvalue weighted by molar-refractivity contribution is -0.416. The van der Waals surface area contributed by atoms with Gasteiger partial charge in [-0.3, -0.25) is 4.79 Å². The highest BCUT2D eigenvalue weighted by Gasteiger charge is 2.40. The van der Waals surface area contributed by atoms with Crippen LogP contribution in [0.5, 0.6) is 0 Å². The van der Waals surface area contributed by atoms with Gasteiger partial charge < -0.3 is 4.74 Å². The maximum atomic E-state index is 11.2. The highest BCUT2D eigenvalue weighted by molar-refractivity contribution is 6.12. The second kappa shape index (κ2) is 2.65. The molecule has 1 aliphatic carbocycles. The fourth-order valence-electron chi connectivity index (χ4n) is 1.37. The van der Waals surface area contributed by atoms with E-state index in [0.29, 0.717) is 5.71 Å². The first kappa shape index (κ1) is 7.91. The Labute approximate surface area is 74.8 Å². The minimum Gasteiger partial charge on any atom is -0.336 e. The van der Waals surface area contributed by atoms with Crippen molar-refractivity contribution in [3.63, 3.8) is 0 Å². The maximum Gasteiger partial charge on any atom is 0.604 e. The van der Waals surface area contributed by atoms with Gasteiger partial charge in [-0.25, -0.2) is 0 Å². The number of hydrogen-bond acceptors (Lipinski definition) is 3. The highest BCUT2D eigenvalue weighted by atomic mass is 16.6.